The Labute approximate surface area is 100 Å². The number of likely N-dealkylation sites (N-methyl/N-ethyl adjacent to an activating group) is 1. The first kappa shape index (κ1) is 13.5. The average Bonchev–Trinajstić information content (AvgIpc) is 2.30. The number of amides is 2. The quantitative estimate of drug-likeness (QED) is 0.684. The summed E-state index contributed by atoms with van der Waals surface area (Å²) in [4.78, 5) is 37.1. The molecule has 1 saturated heterocycles. The molecule has 1 atom stereocenters. The fourth-order valence-corrected chi connectivity index (χ4v) is 1.97. The van der Waals surface area contributed by atoms with Crippen molar-refractivity contribution >= 4 is 17.8 Å². The molecule has 1 aliphatic rings. The molecule has 1 unspecified atom stereocenters. The molecule has 0 aromatic heterocycles. The summed E-state index contributed by atoms with van der Waals surface area (Å²) >= 11 is 0. The van der Waals surface area contributed by atoms with Gasteiger partial charge in [-0.1, -0.05) is 13.3 Å². The van der Waals surface area contributed by atoms with Crippen molar-refractivity contribution in [2.75, 3.05) is 19.6 Å². The molecule has 17 heavy (non-hydrogen) atoms. The fourth-order valence-electron chi connectivity index (χ4n) is 1.97. The van der Waals surface area contributed by atoms with Crippen LogP contribution in [0, 0.1) is 0 Å². The van der Waals surface area contributed by atoms with Gasteiger partial charge < -0.3 is 14.9 Å². The van der Waals surface area contributed by atoms with Crippen molar-refractivity contribution in [1.29, 1.82) is 0 Å². The maximum atomic E-state index is 11.8. The number of carboxylic acid groups (broad SMARTS) is 1. The Bertz CT molecular complexity index is 329. The van der Waals surface area contributed by atoms with Crippen LogP contribution in [0.25, 0.3) is 0 Å². The van der Waals surface area contributed by atoms with Gasteiger partial charge in [0, 0.05) is 19.6 Å². The summed E-state index contributed by atoms with van der Waals surface area (Å²) in [6.45, 7) is 4.83. The molecule has 0 bridgehead atoms. The van der Waals surface area contributed by atoms with Crippen molar-refractivity contribution in [1.82, 2.24) is 9.80 Å². The Kier molecular flexibility index (Phi) is 4.48. The van der Waals surface area contributed by atoms with Crippen molar-refractivity contribution in [2.24, 2.45) is 0 Å². The first-order valence-corrected chi connectivity index (χ1v) is 5.85. The third-order valence-electron chi connectivity index (χ3n) is 2.95. The Morgan fingerprint density at radius 1 is 1.29 bits per heavy atom. The van der Waals surface area contributed by atoms with Crippen LogP contribution in [-0.4, -0.2) is 58.4 Å². The number of hydrogen-bond donors (Lipinski definition) is 1. The van der Waals surface area contributed by atoms with Crippen LogP contribution in [-0.2, 0) is 14.4 Å². The molecule has 0 saturated carbocycles. The van der Waals surface area contributed by atoms with Crippen LogP contribution in [0.3, 0.4) is 0 Å². The molecule has 0 aliphatic carbocycles. The van der Waals surface area contributed by atoms with Gasteiger partial charge in [0.15, 0.2) is 0 Å². The highest BCUT2D eigenvalue weighted by molar-refractivity contribution is 6.35. The first-order valence-electron chi connectivity index (χ1n) is 5.85. The number of carbonyl (C=O) groups is 3. The van der Waals surface area contributed by atoms with E-state index in [9.17, 15) is 14.4 Å². The minimum atomic E-state index is -1.04. The van der Waals surface area contributed by atoms with Crippen molar-refractivity contribution in [3.05, 3.63) is 0 Å². The number of piperazine rings is 1. The highest BCUT2D eigenvalue weighted by Gasteiger charge is 2.38. The van der Waals surface area contributed by atoms with Gasteiger partial charge >= 0.3 is 17.8 Å². The van der Waals surface area contributed by atoms with Crippen LogP contribution < -0.4 is 0 Å². The summed E-state index contributed by atoms with van der Waals surface area (Å²) in [6.07, 6.45) is 1.03. The van der Waals surface area contributed by atoms with Gasteiger partial charge in [-0.3, -0.25) is 9.59 Å². The predicted octanol–water partition coefficient (Wildman–Crippen LogP) is -0.0696. The lowest BCUT2D eigenvalue weighted by atomic mass is 10.1. The second-order valence-electron chi connectivity index (χ2n) is 4.03. The van der Waals surface area contributed by atoms with E-state index in [-0.39, 0.29) is 0 Å². The second kappa shape index (κ2) is 5.65. The van der Waals surface area contributed by atoms with Crippen molar-refractivity contribution in [3.8, 4) is 0 Å². The van der Waals surface area contributed by atoms with Gasteiger partial charge in [0.1, 0.15) is 6.04 Å². The molecule has 0 spiro atoms. The Morgan fingerprint density at radius 2 is 1.94 bits per heavy atom. The van der Waals surface area contributed by atoms with E-state index < -0.39 is 23.8 Å². The maximum absolute atomic E-state index is 11.8. The largest absolute Gasteiger partial charge is 0.480 e. The zero-order chi connectivity index (χ0) is 13.0. The highest BCUT2D eigenvalue weighted by Crippen LogP contribution is 2.13. The van der Waals surface area contributed by atoms with Gasteiger partial charge in [-0.25, -0.2) is 4.79 Å². The molecular weight excluding hydrogens is 224 g/mol. The fraction of sp³-hybridized carbons (Fsp3) is 0.727. The maximum Gasteiger partial charge on any atom is 0.326 e. The zero-order valence-corrected chi connectivity index (χ0v) is 10.2. The van der Waals surface area contributed by atoms with Crippen molar-refractivity contribution in [3.63, 3.8) is 0 Å². The number of nitrogens with zero attached hydrogens (tertiary/aromatic N) is 2. The molecule has 6 nitrogen and oxygen atoms in total. The van der Waals surface area contributed by atoms with Crippen molar-refractivity contribution in [2.45, 2.75) is 32.7 Å². The molecule has 1 aliphatic heterocycles. The second-order valence-corrected chi connectivity index (χ2v) is 4.03. The van der Waals surface area contributed by atoms with Crippen LogP contribution in [0.15, 0.2) is 0 Å². The number of rotatable bonds is 5. The van der Waals surface area contributed by atoms with Gasteiger partial charge in [0.2, 0.25) is 0 Å². The molecule has 96 valence electrons. The summed E-state index contributed by atoms with van der Waals surface area (Å²) in [7, 11) is 0. The molecule has 2 amide bonds. The Morgan fingerprint density at radius 3 is 2.41 bits per heavy atom. The predicted molar refractivity (Wildman–Crippen MR) is 60.3 cm³/mol. The minimum Gasteiger partial charge on any atom is -0.480 e. The summed E-state index contributed by atoms with van der Waals surface area (Å²) in [5.41, 5.74) is 0. The van der Waals surface area contributed by atoms with E-state index in [0.717, 1.165) is 0 Å². The molecule has 1 N–H and O–H groups in total. The SMILES string of the molecule is CCCC(C(=O)O)N1CCN(CC)C(=O)C1=O. The van der Waals surface area contributed by atoms with E-state index in [2.05, 4.69) is 0 Å². The number of carboxylic acids is 1. The summed E-state index contributed by atoms with van der Waals surface area (Å²) in [5.74, 6) is -2.34. The van der Waals surface area contributed by atoms with Crippen LogP contribution in [0.5, 0.6) is 0 Å². The number of carbonyl (C=O) groups excluding carboxylic acids is 2. The van der Waals surface area contributed by atoms with Crippen LogP contribution in [0.2, 0.25) is 0 Å². The standard InChI is InChI=1S/C11H18N2O4/c1-3-5-8(11(16)17)13-7-6-12(4-2)9(14)10(13)15/h8H,3-7H2,1-2H3,(H,16,17). The molecule has 1 rings (SSSR count). The first-order chi connectivity index (χ1) is 8.02. The lowest BCUT2D eigenvalue weighted by Crippen LogP contribution is -2.58. The highest BCUT2D eigenvalue weighted by atomic mass is 16.4. The van der Waals surface area contributed by atoms with E-state index >= 15 is 0 Å². The summed E-state index contributed by atoms with van der Waals surface area (Å²) < 4.78 is 0. The third kappa shape index (κ3) is 2.75. The van der Waals surface area contributed by atoms with E-state index in [1.807, 2.05) is 6.92 Å². The van der Waals surface area contributed by atoms with Crippen LogP contribution in [0.1, 0.15) is 26.7 Å². The molecule has 6 heteroatoms. The minimum absolute atomic E-state index is 0.301. The lowest BCUT2D eigenvalue weighted by Gasteiger charge is -2.36. The van der Waals surface area contributed by atoms with E-state index in [1.165, 1.54) is 9.80 Å². The van der Waals surface area contributed by atoms with Gasteiger partial charge in [0.05, 0.1) is 0 Å². The van der Waals surface area contributed by atoms with Crippen LogP contribution in [0.4, 0.5) is 0 Å². The number of aliphatic carboxylic acids is 1. The van der Waals surface area contributed by atoms with Gasteiger partial charge in [-0.2, -0.15) is 0 Å². The van der Waals surface area contributed by atoms with Crippen molar-refractivity contribution < 1.29 is 19.5 Å². The Balaban J connectivity index is 2.81. The smallest absolute Gasteiger partial charge is 0.326 e. The molecule has 0 radical (unpaired) electrons. The van der Waals surface area contributed by atoms with E-state index in [4.69, 9.17) is 5.11 Å². The monoisotopic (exact) mass is 242 g/mol. The molecule has 1 heterocycles. The summed E-state index contributed by atoms with van der Waals surface area (Å²) in [6, 6.07) is -0.879. The van der Waals surface area contributed by atoms with Gasteiger partial charge in [0.25, 0.3) is 0 Å². The van der Waals surface area contributed by atoms with E-state index in [1.54, 1.807) is 6.92 Å². The van der Waals surface area contributed by atoms with E-state index in [0.29, 0.717) is 32.5 Å². The molecule has 0 aromatic rings. The summed E-state index contributed by atoms with van der Waals surface area (Å²) in [5, 5.41) is 9.06. The molecule has 0 aromatic carbocycles. The number of hydrogen-bond acceptors (Lipinski definition) is 3. The molecule has 1 fully saturated rings. The zero-order valence-electron chi connectivity index (χ0n) is 10.2. The van der Waals surface area contributed by atoms with Gasteiger partial charge in [-0.15, -0.1) is 0 Å². The Hall–Kier alpha value is -1.59. The van der Waals surface area contributed by atoms with Gasteiger partial charge in [-0.05, 0) is 13.3 Å². The topological polar surface area (TPSA) is 77.9 Å². The molecular formula is C11H18N2O4. The average molecular weight is 242 g/mol. The third-order valence-corrected chi connectivity index (χ3v) is 2.95. The normalized spacial score (nSPS) is 18.5. The lowest BCUT2D eigenvalue weighted by molar-refractivity contribution is -0.162. The van der Waals surface area contributed by atoms with Crippen LogP contribution >= 0.6 is 0 Å².